The molecule has 1 aliphatic rings. The molecule has 0 bridgehead atoms. The molecule has 0 aliphatic carbocycles. The van der Waals surface area contributed by atoms with Crippen molar-refractivity contribution in [3.63, 3.8) is 0 Å². The Labute approximate surface area is 110 Å². The highest BCUT2D eigenvalue weighted by Crippen LogP contribution is 2.28. The Kier molecular flexibility index (Phi) is 4.25. The van der Waals surface area contributed by atoms with Crippen molar-refractivity contribution in [3.05, 3.63) is 22.7 Å². The summed E-state index contributed by atoms with van der Waals surface area (Å²) in [6, 6.07) is 5.93. The molecule has 94 valence electrons. The Hall–Kier alpha value is -0.780. The van der Waals surface area contributed by atoms with E-state index in [0.29, 0.717) is 0 Å². The van der Waals surface area contributed by atoms with Crippen LogP contribution in [0.3, 0.4) is 0 Å². The zero-order chi connectivity index (χ0) is 12.3. The van der Waals surface area contributed by atoms with Gasteiger partial charge in [-0.25, -0.2) is 0 Å². The first kappa shape index (κ1) is 12.7. The summed E-state index contributed by atoms with van der Waals surface area (Å²) in [4.78, 5) is 4.62. The van der Waals surface area contributed by atoms with Crippen LogP contribution in [0, 0.1) is 0 Å². The van der Waals surface area contributed by atoms with Crippen molar-refractivity contribution in [2.75, 3.05) is 50.0 Å². The molecule has 0 saturated carbocycles. The quantitative estimate of drug-likeness (QED) is 0.822. The number of rotatable bonds is 3. The van der Waals surface area contributed by atoms with E-state index in [2.05, 4.69) is 31.8 Å². The Balaban J connectivity index is 2.00. The van der Waals surface area contributed by atoms with Crippen LogP contribution in [0.5, 0.6) is 0 Å². The van der Waals surface area contributed by atoms with Crippen LogP contribution in [-0.2, 0) is 0 Å². The lowest BCUT2D eigenvalue weighted by Gasteiger charge is -2.36. The highest BCUT2D eigenvalue weighted by Gasteiger charge is 2.18. The molecular formula is C12H18BrN3O. The Morgan fingerprint density at radius 2 is 1.94 bits per heavy atom. The molecule has 0 unspecified atom stereocenters. The van der Waals surface area contributed by atoms with E-state index in [0.717, 1.165) is 42.9 Å². The monoisotopic (exact) mass is 299 g/mol. The SMILES string of the molecule is Nc1ccc(N2CCN(CCO)CC2)c(Br)c1. The van der Waals surface area contributed by atoms with Crippen LogP contribution in [0.4, 0.5) is 11.4 Å². The van der Waals surface area contributed by atoms with Crippen LogP contribution in [0.25, 0.3) is 0 Å². The summed E-state index contributed by atoms with van der Waals surface area (Å²) in [5, 5.41) is 8.90. The van der Waals surface area contributed by atoms with E-state index in [1.165, 1.54) is 5.69 Å². The Morgan fingerprint density at radius 1 is 1.24 bits per heavy atom. The van der Waals surface area contributed by atoms with Gasteiger partial charge >= 0.3 is 0 Å². The number of benzene rings is 1. The first-order valence-corrected chi connectivity index (χ1v) is 6.63. The number of nitrogens with zero attached hydrogens (tertiary/aromatic N) is 2. The summed E-state index contributed by atoms with van der Waals surface area (Å²) >= 11 is 3.55. The molecule has 0 spiro atoms. The fourth-order valence-electron chi connectivity index (χ4n) is 2.13. The van der Waals surface area contributed by atoms with Gasteiger partial charge in [-0.05, 0) is 34.1 Å². The molecular weight excluding hydrogens is 282 g/mol. The molecule has 3 N–H and O–H groups in total. The molecule has 17 heavy (non-hydrogen) atoms. The number of nitrogen functional groups attached to an aromatic ring is 1. The molecule has 0 radical (unpaired) electrons. The Morgan fingerprint density at radius 3 is 2.53 bits per heavy atom. The third-order valence-electron chi connectivity index (χ3n) is 3.10. The van der Waals surface area contributed by atoms with Gasteiger partial charge in [-0.2, -0.15) is 0 Å². The smallest absolute Gasteiger partial charge is 0.0558 e. The molecule has 1 fully saturated rings. The second-order valence-corrected chi connectivity index (χ2v) is 5.12. The van der Waals surface area contributed by atoms with Crippen molar-refractivity contribution in [1.82, 2.24) is 4.90 Å². The van der Waals surface area contributed by atoms with Crippen molar-refractivity contribution >= 4 is 27.3 Å². The lowest BCUT2D eigenvalue weighted by atomic mass is 10.2. The minimum atomic E-state index is 0.242. The molecule has 0 atom stereocenters. The highest BCUT2D eigenvalue weighted by atomic mass is 79.9. The predicted octanol–water partition coefficient (Wildman–Crippen LogP) is 1.15. The zero-order valence-electron chi connectivity index (χ0n) is 9.77. The van der Waals surface area contributed by atoms with Gasteiger partial charge in [-0.1, -0.05) is 0 Å². The number of aliphatic hydroxyl groups is 1. The van der Waals surface area contributed by atoms with Crippen LogP contribution in [0.1, 0.15) is 0 Å². The summed E-state index contributed by atoms with van der Waals surface area (Å²) in [6.45, 7) is 4.99. The van der Waals surface area contributed by atoms with E-state index in [9.17, 15) is 0 Å². The van der Waals surface area contributed by atoms with Crippen molar-refractivity contribution < 1.29 is 5.11 Å². The van der Waals surface area contributed by atoms with Gasteiger partial charge in [0, 0.05) is 42.9 Å². The van der Waals surface area contributed by atoms with Gasteiger partial charge in [0.1, 0.15) is 0 Å². The van der Waals surface area contributed by atoms with Crippen molar-refractivity contribution in [2.45, 2.75) is 0 Å². The van der Waals surface area contributed by atoms with Crippen LogP contribution in [0.2, 0.25) is 0 Å². The molecule has 1 heterocycles. The van der Waals surface area contributed by atoms with Crippen LogP contribution in [-0.4, -0.2) is 49.3 Å². The average molecular weight is 300 g/mol. The summed E-state index contributed by atoms with van der Waals surface area (Å²) < 4.78 is 1.05. The average Bonchev–Trinajstić information content (AvgIpc) is 2.31. The van der Waals surface area contributed by atoms with Gasteiger partial charge in [0.15, 0.2) is 0 Å². The number of hydrogen-bond donors (Lipinski definition) is 2. The third-order valence-corrected chi connectivity index (χ3v) is 3.74. The maximum atomic E-state index is 8.90. The fraction of sp³-hybridized carbons (Fsp3) is 0.500. The van der Waals surface area contributed by atoms with Gasteiger partial charge in [0.05, 0.1) is 12.3 Å². The van der Waals surface area contributed by atoms with E-state index >= 15 is 0 Å². The number of halogens is 1. The van der Waals surface area contributed by atoms with Crippen LogP contribution in [0.15, 0.2) is 22.7 Å². The standard InChI is InChI=1S/C12H18BrN3O/c13-11-9-10(14)1-2-12(11)16-5-3-15(4-6-16)7-8-17/h1-2,9,17H,3-8,14H2. The minimum Gasteiger partial charge on any atom is -0.399 e. The van der Waals surface area contributed by atoms with Gasteiger partial charge in [-0.3, -0.25) is 4.90 Å². The van der Waals surface area contributed by atoms with Crippen molar-refractivity contribution in [1.29, 1.82) is 0 Å². The zero-order valence-corrected chi connectivity index (χ0v) is 11.4. The number of piperazine rings is 1. The maximum absolute atomic E-state index is 8.90. The van der Waals surface area contributed by atoms with E-state index in [-0.39, 0.29) is 6.61 Å². The summed E-state index contributed by atoms with van der Waals surface area (Å²) in [5.74, 6) is 0. The number of hydrogen-bond acceptors (Lipinski definition) is 4. The molecule has 1 aromatic rings. The fourth-order valence-corrected chi connectivity index (χ4v) is 2.78. The lowest BCUT2D eigenvalue weighted by molar-refractivity contribution is 0.189. The first-order chi connectivity index (χ1) is 8.20. The van der Waals surface area contributed by atoms with Crippen molar-refractivity contribution in [2.24, 2.45) is 0 Å². The Bertz CT molecular complexity index is 378. The normalized spacial score (nSPS) is 17.4. The van der Waals surface area contributed by atoms with Gasteiger partial charge < -0.3 is 15.7 Å². The molecule has 1 saturated heterocycles. The van der Waals surface area contributed by atoms with Gasteiger partial charge in [-0.15, -0.1) is 0 Å². The van der Waals surface area contributed by atoms with Crippen molar-refractivity contribution in [3.8, 4) is 0 Å². The first-order valence-electron chi connectivity index (χ1n) is 5.84. The second kappa shape index (κ2) is 5.71. The maximum Gasteiger partial charge on any atom is 0.0558 e. The second-order valence-electron chi connectivity index (χ2n) is 4.26. The van der Waals surface area contributed by atoms with E-state index in [4.69, 9.17) is 10.8 Å². The molecule has 4 nitrogen and oxygen atoms in total. The number of nitrogens with two attached hydrogens (primary N) is 1. The molecule has 0 amide bonds. The van der Waals surface area contributed by atoms with E-state index in [1.54, 1.807) is 0 Å². The summed E-state index contributed by atoms with van der Waals surface area (Å²) in [6.07, 6.45) is 0. The number of aliphatic hydroxyl groups excluding tert-OH is 1. The van der Waals surface area contributed by atoms with Gasteiger partial charge in [0.25, 0.3) is 0 Å². The van der Waals surface area contributed by atoms with Crippen LogP contribution < -0.4 is 10.6 Å². The van der Waals surface area contributed by atoms with E-state index < -0.39 is 0 Å². The minimum absolute atomic E-state index is 0.242. The molecule has 2 rings (SSSR count). The summed E-state index contributed by atoms with van der Waals surface area (Å²) in [5.41, 5.74) is 7.71. The van der Waals surface area contributed by atoms with E-state index in [1.807, 2.05) is 12.1 Å². The predicted molar refractivity (Wildman–Crippen MR) is 74.3 cm³/mol. The molecule has 0 aromatic heterocycles. The largest absolute Gasteiger partial charge is 0.399 e. The summed E-state index contributed by atoms with van der Waals surface area (Å²) in [7, 11) is 0. The number of anilines is 2. The lowest BCUT2D eigenvalue weighted by Crippen LogP contribution is -2.47. The highest BCUT2D eigenvalue weighted by molar-refractivity contribution is 9.10. The molecule has 5 heteroatoms. The third kappa shape index (κ3) is 3.12. The topological polar surface area (TPSA) is 52.7 Å². The molecule has 1 aromatic carbocycles. The van der Waals surface area contributed by atoms with Gasteiger partial charge in [0.2, 0.25) is 0 Å². The van der Waals surface area contributed by atoms with Crippen LogP contribution >= 0.6 is 15.9 Å². The number of β-amino-alcohol motifs (C(OH)–C–C–N with tert-alkyl or cyclic N) is 1. The molecule has 1 aliphatic heterocycles.